The van der Waals surface area contributed by atoms with Crippen molar-refractivity contribution >= 4 is 49.9 Å². The Bertz CT molecular complexity index is 2430. The third kappa shape index (κ3) is 6.89. The average Bonchev–Trinajstić information content (AvgIpc) is 3.11. The van der Waals surface area contributed by atoms with Gasteiger partial charge in [-0.2, -0.15) is 0 Å². The summed E-state index contributed by atoms with van der Waals surface area (Å²) in [6.07, 6.45) is 3.61. The zero-order valence-electron chi connectivity index (χ0n) is 28.0. The van der Waals surface area contributed by atoms with Crippen LogP contribution >= 0.6 is 0 Å². The van der Waals surface area contributed by atoms with E-state index in [1.165, 1.54) is 19.3 Å². The van der Waals surface area contributed by atoms with Gasteiger partial charge >= 0.3 is 5.63 Å². The van der Waals surface area contributed by atoms with Crippen LogP contribution in [0.2, 0.25) is 0 Å². The van der Waals surface area contributed by atoms with Crippen molar-refractivity contribution in [1.29, 1.82) is 0 Å². The van der Waals surface area contributed by atoms with E-state index in [1.807, 2.05) is 123 Å². The molecule has 7 aromatic rings. The number of carbonyl (C=O) groups is 2. The van der Waals surface area contributed by atoms with Gasteiger partial charge in [0, 0.05) is 17.7 Å². The Morgan fingerprint density at radius 3 is 2.12 bits per heavy atom. The van der Waals surface area contributed by atoms with Crippen LogP contribution in [-0.4, -0.2) is 23.3 Å². The highest BCUT2D eigenvalue weighted by molar-refractivity contribution is 6.15. The number of rotatable bonds is 6. The second-order valence-corrected chi connectivity index (χ2v) is 12.9. The van der Waals surface area contributed by atoms with Gasteiger partial charge in [-0.25, -0.2) is 9.78 Å². The van der Waals surface area contributed by atoms with Gasteiger partial charge in [0.2, 0.25) is 5.89 Å². The summed E-state index contributed by atoms with van der Waals surface area (Å²) in [5, 5.41) is 10.5. The van der Waals surface area contributed by atoms with Crippen LogP contribution in [0.4, 0.5) is 5.69 Å². The molecule has 1 fully saturated rings. The van der Waals surface area contributed by atoms with Gasteiger partial charge in [0.1, 0.15) is 0 Å². The largest absolute Gasteiger partial charge is 0.403 e. The molecule has 248 valence electrons. The van der Waals surface area contributed by atoms with Crippen molar-refractivity contribution in [2.75, 3.05) is 11.9 Å². The van der Waals surface area contributed by atoms with Gasteiger partial charge in [0.05, 0.1) is 22.2 Å². The Kier molecular flexibility index (Phi) is 9.21. The maximum atomic E-state index is 13.0. The number of nitrogens with zero attached hydrogens (tertiary/aromatic N) is 1. The Balaban J connectivity index is 0.000000161. The minimum Gasteiger partial charge on any atom is -0.403 e. The predicted octanol–water partition coefficient (Wildman–Crippen LogP) is 9.25. The molecule has 1 saturated carbocycles. The maximum Gasteiger partial charge on any atom is 0.347 e. The SMILES string of the molecule is Cc1ccc(NC(=O)c2cccc3ccccc23)c(C(=O)NCC2CCC2)c1.Cc1ccc2nc(-c3cccc4ccccc34)oc(=O)c2c1. The number of aromatic nitrogens is 1. The minimum absolute atomic E-state index is 0.135. The molecule has 6 aromatic carbocycles. The minimum atomic E-state index is -0.350. The smallest absolute Gasteiger partial charge is 0.347 e. The van der Waals surface area contributed by atoms with Crippen LogP contribution in [0, 0.1) is 19.8 Å². The zero-order chi connectivity index (χ0) is 34.6. The van der Waals surface area contributed by atoms with Crippen LogP contribution in [0.25, 0.3) is 43.9 Å². The number of hydrogen-bond donors (Lipinski definition) is 2. The molecule has 2 amide bonds. The molecular formula is C43H37N3O4. The van der Waals surface area contributed by atoms with Crippen LogP contribution in [0.15, 0.2) is 131 Å². The third-order valence-electron chi connectivity index (χ3n) is 9.28. The number of carbonyl (C=O) groups excluding carboxylic acids is 2. The number of anilines is 1. The molecular weight excluding hydrogens is 622 g/mol. The molecule has 0 saturated heterocycles. The first-order valence-electron chi connectivity index (χ1n) is 16.9. The van der Waals surface area contributed by atoms with E-state index in [1.54, 1.807) is 12.1 Å². The van der Waals surface area contributed by atoms with Crippen molar-refractivity contribution in [2.45, 2.75) is 33.1 Å². The first-order valence-corrected chi connectivity index (χ1v) is 16.9. The molecule has 0 radical (unpaired) electrons. The number of benzene rings is 6. The van der Waals surface area contributed by atoms with Gasteiger partial charge in [-0.15, -0.1) is 0 Å². The summed E-state index contributed by atoms with van der Waals surface area (Å²) in [6, 6.07) is 38.5. The summed E-state index contributed by atoms with van der Waals surface area (Å²) >= 11 is 0. The first kappa shape index (κ1) is 32.5. The highest BCUT2D eigenvalue weighted by atomic mass is 16.4. The summed E-state index contributed by atoms with van der Waals surface area (Å²) in [5.74, 6) is 0.596. The average molecular weight is 660 g/mol. The van der Waals surface area contributed by atoms with Crippen LogP contribution in [0.5, 0.6) is 0 Å². The van der Waals surface area contributed by atoms with E-state index in [4.69, 9.17) is 4.42 Å². The van der Waals surface area contributed by atoms with Gasteiger partial charge in [-0.05, 0) is 90.6 Å². The number of fused-ring (bicyclic) bond motifs is 3. The molecule has 50 heavy (non-hydrogen) atoms. The van der Waals surface area contributed by atoms with E-state index in [-0.39, 0.29) is 17.4 Å². The summed E-state index contributed by atoms with van der Waals surface area (Å²) in [7, 11) is 0. The van der Waals surface area contributed by atoms with E-state index in [0.29, 0.717) is 46.1 Å². The van der Waals surface area contributed by atoms with E-state index in [2.05, 4.69) is 15.6 Å². The highest BCUT2D eigenvalue weighted by Crippen LogP contribution is 2.28. The molecule has 0 spiro atoms. The quantitative estimate of drug-likeness (QED) is 0.185. The molecule has 1 heterocycles. The van der Waals surface area contributed by atoms with Gasteiger partial charge in [0.25, 0.3) is 11.8 Å². The molecule has 7 heteroatoms. The molecule has 0 atom stereocenters. The van der Waals surface area contributed by atoms with Gasteiger partial charge in [-0.3, -0.25) is 9.59 Å². The Morgan fingerprint density at radius 2 is 1.36 bits per heavy atom. The fourth-order valence-corrected chi connectivity index (χ4v) is 6.31. The zero-order valence-corrected chi connectivity index (χ0v) is 28.0. The van der Waals surface area contributed by atoms with Crippen molar-refractivity contribution in [3.8, 4) is 11.5 Å². The number of hydrogen-bond acceptors (Lipinski definition) is 5. The van der Waals surface area contributed by atoms with Gasteiger partial charge < -0.3 is 15.1 Å². The van der Waals surface area contributed by atoms with Crippen LogP contribution < -0.4 is 16.3 Å². The predicted molar refractivity (Wildman–Crippen MR) is 201 cm³/mol. The maximum absolute atomic E-state index is 13.0. The number of aryl methyl sites for hydroxylation is 2. The molecule has 2 N–H and O–H groups in total. The fraction of sp³-hybridized carbons (Fsp3) is 0.163. The van der Waals surface area contributed by atoms with Crippen molar-refractivity contribution in [2.24, 2.45) is 5.92 Å². The Morgan fingerprint density at radius 1 is 0.700 bits per heavy atom. The second kappa shape index (κ2) is 14.2. The molecule has 0 bridgehead atoms. The Hall–Kier alpha value is -6.08. The van der Waals surface area contributed by atoms with Crippen LogP contribution in [0.1, 0.15) is 51.1 Å². The fourth-order valence-electron chi connectivity index (χ4n) is 6.31. The first-order chi connectivity index (χ1) is 24.3. The number of nitrogens with one attached hydrogen (secondary N) is 2. The molecule has 1 aliphatic rings. The second-order valence-electron chi connectivity index (χ2n) is 12.9. The van der Waals surface area contributed by atoms with Crippen LogP contribution in [-0.2, 0) is 0 Å². The monoisotopic (exact) mass is 659 g/mol. The molecule has 7 nitrogen and oxygen atoms in total. The lowest BCUT2D eigenvalue weighted by atomic mass is 9.85. The normalized spacial score (nSPS) is 12.6. The Labute approximate surface area is 290 Å². The van der Waals surface area contributed by atoms with E-state index >= 15 is 0 Å². The van der Waals surface area contributed by atoms with E-state index < -0.39 is 0 Å². The molecule has 0 aliphatic heterocycles. The third-order valence-corrected chi connectivity index (χ3v) is 9.28. The van der Waals surface area contributed by atoms with Gasteiger partial charge in [0.15, 0.2) is 0 Å². The van der Waals surface area contributed by atoms with Crippen LogP contribution in [0.3, 0.4) is 0 Å². The lowest BCUT2D eigenvalue weighted by Gasteiger charge is -2.25. The lowest BCUT2D eigenvalue weighted by Crippen LogP contribution is -2.32. The molecule has 1 aliphatic carbocycles. The summed E-state index contributed by atoms with van der Waals surface area (Å²) in [5.41, 5.74) is 4.78. The van der Waals surface area contributed by atoms with Crippen molar-refractivity contribution in [3.63, 3.8) is 0 Å². The van der Waals surface area contributed by atoms with E-state index in [9.17, 15) is 14.4 Å². The molecule has 1 aromatic heterocycles. The van der Waals surface area contributed by atoms with Crippen molar-refractivity contribution in [3.05, 3.63) is 154 Å². The highest BCUT2D eigenvalue weighted by Gasteiger charge is 2.20. The molecule has 8 rings (SSSR count). The molecule has 0 unspecified atom stereocenters. The van der Waals surface area contributed by atoms with E-state index in [0.717, 1.165) is 38.2 Å². The standard InChI is InChI=1S/C24H24N2O2.C19H13NO2/c1-16-12-13-22(21(14-16)23(27)25-15-17-6-4-7-17)26-24(28)20-11-5-9-18-8-2-3-10-19(18)20;1-12-9-10-17-16(11-12)19(21)22-18(20-17)15-8-4-6-13-5-2-3-7-14(13)15/h2-3,5,8-14,17H,4,6-7,15H2,1H3,(H,25,27)(H,26,28);2-11H,1H3. The number of amides is 2. The summed E-state index contributed by atoms with van der Waals surface area (Å²) in [6.45, 7) is 4.58. The van der Waals surface area contributed by atoms with Crippen molar-refractivity contribution in [1.82, 2.24) is 10.3 Å². The summed E-state index contributed by atoms with van der Waals surface area (Å²) in [4.78, 5) is 42.5. The van der Waals surface area contributed by atoms with Gasteiger partial charge in [-0.1, -0.05) is 102 Å². The topological polar surface area (TPSA) is 101 Å². The summed E-state index contributed by atoms with van der Waals surface area (Å²) < 4.78 is 5.47. The lowest BCUT2D eigenvalue weighted by molar-refractivity contribution is 0.0940. The van der Waals surface area contributed by atoms with Crippen molar-refractivity contribution < 1.29 is 14.0 Å².